The minimum absolute atomic E-state index is 0.0565. The van der Waals surface area contributed by atoms with Crippen LogP contribution >= 0.6 is 0 Å². The molecule has 0 bridgehead atoms. The first-order chi connectivity index (χ1) is 19.9. The molecule has 0 unspecified atom stereocenters. The molecule has 5 heteroatoms. The molecule has 0 spiro atoms. The number of hydrogen-bond donors (Lipinski definition) is 2. The van der Waals surface area contributed by atoms with Crippen LogP contribution in [-0.2, 0) is 19.9 Å². The Hall–Kier alpha value is -4.19. The van der Waals surface area contributed by atoms with Gasteiger partial charge < -0.3 is 15.2 Å². The molecule has 1 aromatic heterocycles. The summed E-state index contributed by atoms with van der Waals surface area (Å²) in [5, 5.41) is 10.5. The molecule has 0 aliphatic rings. The van der Waals surface area contributed by atoms with Crippen LogP contribution in [0.1, 0.15) is 27.0 Å². The summed E-state index contributed by atoms with van der Waals surface area (Å²) in [7, 11) is 6.26. The summed E-state index contributed by atoms with van der Waals surface area (Å²) < 4.78 is 2.17. The van der Waals surface area contributed by atoms with E-state index < -0.39 is 0 Å². The fourth-order valence-corrected chi connectivity index (χ4v) is 5.81. The van der Waals surface area contributed by atoms with E-state index in [1.54, 1.807) is 6.08 Å². The fraction of sp³-hybridized carbons (Fsp3) is 0.250. The van der Waals surface area contributed by atoms with Crippen molar-refractivity contribution in [3.05, 3.63) is 126 Å². The summed E-state index contributed by atoms with van der Waals surface area (Å²) >= 11 is 0. The molecule has 0 saturated heterocycles. The van der Waals surface area contributed by atoms with Crippen LogP contribution in [0, 0.1) is 0 Å². The Morgan fingerprint density at radius 2 is 1.68 bits per heavy atom. The number of benzene rings is 4. The Morgan fingerprint density at radius 1 is 0.951 bits per heavy atom. The Kier molecular flexibility index (Phi) is 8.98. The number of likely N-dealkylation sites (N-methyl/N-ethyl adjacent to an activating group) is 2. The van der Waals surface area contributed by atoms with Gasteiger partial charge in [0.25, 0.3) is 5.91 Å². The van der Waals surface area contributed by atoms with Crippen molar-refractivity contribution in [1.29, 1.82) is 0 Å². The van der Waals surface area contributed by atoms with Crippen LogP contribution in [0.2, 0.25) is 0 Å². The van der Waals surface area contributed by atoms with Crippen LogP contribution in [0.3, 0.4) is 0 Å². The number of hydrogen-bond acceptors (Lipinski definition) is 3. The SMILES string of the molecule is C=Cc1ccc(C(=O)N[C@H](Cc2cn(C)c3ccccc23)CN(C)[C@@H](CNC)Cc2ccc3ccccc3c2)cc1. The second-order valence-corrected chi connectivity index (χ2v) is 11.0. The number of amides is 1. The van der Waals surface area contributed by atoms with Crippen molar-refractivity contribution in [3.8, 4) is 0 Å². The van der Waals surface area contributed by atoms with Gasteiger partial charge in [0.15, 0.2) is 0 Å². The van der Waals surface area contributed by atoms with Crippen LogP contribution in [-0.4, -0.2) is 54.6 Å². The lowest BCUT2D eigenvalue weighted by Crippen LogP contribution is -2.49. The molecule has 2 atom stereocenters. The lowest BCUT2D eigenvalue weighted by atomic mass is 9.99. The summed E-state index contributed by atoms with van der Waals surface area (Å²) in [4.78, 5) is 15.8. The quantitative estimate of drug-likeness (QED) is 0.200. The molecule has 0 saturated carbocycles. The van der Waals surface area contributed by atoms with Gasteiger partial charge in [0, 0.05) is 54.9 Å². The zero-order valence-electron chi connectivity index (χ0n) is 24.3. The maximum atomic E-state index is 13.4. The van der Waals surface area contributed by atoms with Gasteiger partial charge in [0.05, 0.1) is 0 Å². The first-order valence-electron chi connectivity index (χ1n) is 14.3. The maximum Gasteiger partial charge on any atom is 0.251 e. The van der Waals surface area contributed by atoms with E-state index in [1.807, 2.05) is 31.3 Å². The van der Waals surface area contributed by atoms with Crippen molar-refractivity contribution in [3.63, 3.8) is 0 Å². The zero-order chi connectivity index (χ0) is 28.8. The van der Waals surface area contributed by atoms with Gasteiger partial charge in [-0.05, 0) is 72.6 Å². The largest absolute Gasteiger partial charge is 0.350 e. The van der Waals surface area contributed by atoms with Crippen molar-refractivity contribution in [2.75, 3.05) is 27.2 Å². The van der Waals surface area contributed by atoms with Gasteiger partial charge in [-0.15, -0.1) is 0 Å². The average Bonchev–Trinajstić information content (AvgIpc) is 3.31. The Morgan fingerprint density at radius 3 is 2.44 bits per heavy atom. The second kappa shape index (κ2) is 13.0. The minimum atomic E-state index is -0.0756. The van der Waals surface area contributed by atoms with Crippen LogP contribution in [0.4, 0.5) is 0 Å². The van der Waals surface area contributed by atoms with E-state index in [0.717, 1.165) is 31.5 Å². The molecule has 41 heavy (non-hydrogen) atoms. The summed E-state index contributed by atoms with van der Waals surface area (Å²) in [6.45, 7) is 5.39. The van der Waals surface area contributed by atoms with Gasteiger partial charge in [-0.25, -0.2) is 0 Å². The van der Waals surface area contributed by atoms with Gasteiger partial charge in [0.1, 0.15) is 0 Å². The number of rotatable bonds is 12. The van der Waals surface area contributed by atoms with Crippen LogP contribution in [0.25, 0.3) is 27.8 Å². The lowest BCUT2D eigenvalue weighted by Gasteiger charge is -2.32. The van der Waals surface area contributed by atoms with Gasteiger partial charge >= 0.3 is 0 Å². The fourth-order valence-electron chi connectivity index (χ4n) is 5.81. The van der Waals surface area contributed by atoms with E-state index in [4.69, 9.17) is 0 Å². The van der Waals surface area contributed by atoms with E-state index >= 15 is 0 Å². The monoisotopic (exact) mass is 544 g/mol. The highest BCUT2D eigenvalue weighted by molar-refractivity contribution is 5.94. The highest BCUT2D eigenvalue weighted by Gasteiger charge is 2.23. The van der Waals surface area contributed by atoms with Gasteiger partial charge in [-0.1, -0.05) is 85.5 Å². The molecule has 0 aliphatic carbocycles. The minimum Gasteiger partial charge on any atom is -0.350 e. The standard InChI is InChI=1S/C36H40N4O/c1-5-26-14-18-29(19-15-26)36(41)38-32(22-31-24-40(4)35-13-9-8-12-34(31)35)25-39(3)33(23-37-2)21-27-16-17-28-10-6-7-11-30(28)20-27/h5-20,24,32-33,37H,1,21-23,25H2,2-4H3,(H,38,41)/t32-,33-/m1/s1. The van der Waals surface area contributed by atoms with Crippen molar-refractivity contribution in [2.24, 2.45) is 7.05 Å². The van der Waals surface area contributed by atoms with Crippen LogP contribution < -0.4 is 10.6 Å². The molecule has 210 valence electrons. The maximum absolute atomic E-state index is 13.4. The topological polar surface area (TPSA) is 49.3 Å². The molecule has 5 nitrogen and oxygen atoms in total. The molecular weight excluding hydrogens is 504 g/mol. The van der Waals surface area contributed by atoms with Crippen LogP contribution in [0.5, 0.6) is 0 Å². The van der Waals surface area contributed by atoms with Crippen molar-refractivity contribution < 1.29 is 4.79 Å². The summed E-state index contributed by atoms with van der Waals surface area (Å²) in [5.74, 6) is -0.0565. The summed E-state index contributed by atoms with van der Waals surface area (Å²) in [5.41, 5.74) is 5.41. The number of aryl methyl sites for hydroxylation is 1. The average molecular weight is 545 g/mol. The van der Waals surface area contributed by atoms with Gasteiger partial charge in [-0.3, -0.25) is 9.69 Å². The summed E-state index contributed by atoms with van der Waals surface area (Å²) in [6, 6.07) is 31.5. The third-order valence-electron chi connectivity index (χ3n) is 8.05. The lowest BCUT2D eigenvalue weighted by molar-refractivity contribution is 0.0921. The normalized spacial score (nSPS) is 13.0. The molecular formula is C36H40N4O. The zero-order valence-corrected chi connectivity index (χ0v) is 24.3. The Balaban J connectivity index is 1.38. The summed E-state index contributed by atoms with van der Waals surface area (Å²) in [6.07, 6.45) is 5.64. The molecule has 2 N–H and O–H groups in total. The highest BCUT2D eigenvalue weighted by Crippen LogP contribution is 2.23. The molecule has 5 rings (SSSR count). The van der Waals surface area contributed by atoms with Gasteiger partial charge in [0.2, 0.25) is 0 Å². The van der Waals surface area contributed by atoms with Crippen molar-refractivity contribution in [2.45, 2.75) is 24.9 Å². The molecule has 1 amide bonds. The number of fused-ring (bicyclic) bond motifs is 2. The number of nitrogens with zero attached hydrogens (tertiary/aromatic N) is 2. The predicted molar refractivity (Wildman–Crippen MR) is 172 cm³/mol. The first-order valence-corrected chi connectivity index (χ1v) is 14.3. The number of carbonyl (C=O) groups is 1. The van der Waals surface area contributed by atoms with Crippen molar-refractivity contribution >= 4 is 33.7 Å². The number of para-hydroxylation sites is 1. The van der Waals surface area contributed by atoms with E-state index in [-0.39, 0.29) is 18.0 Å². The smallest absolute Gasteiger partial charge is 0.251 e. The van der Waals surface area contributed by atoms with E-state index in [1.165, 1.54) is 32.8 Å². The molecule has 1 heterocycles. The number of aromatic nitrogens is 1. The van der Waals surface area contributed by atoms with Gasteiger partial charge in [-0.2, -0.15) is 0 Å². The number of nitrogens with one attached hydrogen (secondary N) is 2. The third-order valence-corrected chi connectivity index (χ3v) is 8.05. The predicted octanol–water partition coefficient (Wildman–Crippen LogP) is 6.08. The van der Waals surface area contributed by atoms with E-state index in [9.17, 15) is 4.79 Å². The molecule has 0 radical (unpaired) electrons. The molecule has 0 fully saturated rings. The third kappa shape index (κ3) is 6.76. The van der Waals surface area contributed by atoms with Crippen LogP contribution in [0.15, 0.2) is 104 Å². The van der Waals surface area contributed by atoms with Crippen molar-refractivity contribution in [1.82, 2.24) is 20.1 Å². The molecule has 4 aromatic carbocycles. The number of carbonyl (C=O) groups excluding carboxylic acids is 1. The second-order valence-electron chi connectivity index (χ2n) is 11.0. The Bertz CT molecular complexity index is 1640. The molecule has 0 aliphatic heterocycles. The van der Waals surface area contributed by atoms with E-state index in [2.05, 4.69) is 114 Å². The molecule has 5 aromatic rings. The van der Waals surface area contributed by atoms with E-state index in [0.29, 0.717) is 5.56 Å². The Labute approximate surface area is 243 Å². The highest BCUT2D eigenvalue weighted by atomic mass is 16.1. The first kappa shape index (κ1) is 28.3.